The standard InChI is InChI=1S/C16H12Br3NS/c1-9(15-6-10-4-2-3-5-14(10)21-15)20-16-12(18)7-11(17)8-13(16)19/h2-9,20H,1H3. The molecule has 5 heteroatoms. The third-order valence-electron chi connectivity index (χ3n) is 3.24. The highest BCUT2D eigenvalue weighted by Gasteiger charge is 2.13. The predicted octanol–water partition coefficient (Wildman–Crippen LogP) is 7.36. The molecule has 1 atom stereocenters. The topological polar surface area (TPSA) is 12.0 Å². The van der Waals surface area contributed by atoms with Crippen LogP contribution in [-0.2, 0) is 0 Å². The normalized spacial score (nSPS) is 12.6. The molecule has 0 aliphatic carbocycles. The Hall–Kier alpha value is -0.360. The molecule has 0 aliphatic rings. The molecule has 2 aromatic carbocycles. The van der Waals surface area contributed by atoms with E-state index >= 15 is 0 Å². The first-order chi connectivity index (χ1) is 10.0. The lowest BCUT2D eigenvalue weighted by atomic mass is 10.2. The molecule has 1 nitrogen and oxygen atoms in total. The number of rotatable bonds is 3. The molecule has 0 saturated heterocycles. The van der Waals surface area contributed by atoms with Crippen LogP contribution >= 0.6 is 59.1 Å². The number of anilines is 1. The zero-order valence-corrected chi connectivity index (χ0v) is 16.7. The van der Waals surface area contributed by atoms with Crippen LogP contribution in [0.3, 0.4) is 0 Å². The van der Waals surface area contributed by atoms with Crippen molar-refractivity contribution in [3.05, 3.63) is 60.8 Å². The Morgan fingerprint density at radius 2 is 1.67 bits per heavy atom. The lowest BCUT2D eigenvalue weighted by Crippen LogP contribution is -2.06. The molecular weight excluding hydrogens is 478 g/mol. The van der Waals surface area contributed by atoms with Crippen LogP contribution in [0.4, 0.5) is 5.69 Å². The zero-order chi connectivity index (χ0) is 15.0. The monoisotopic (exact) mass is 487 g/mol. The van der Waals surface area contributed by atoms with Gasteiger partial charge in [0.2, 0.25) is 0 Å². The van der Waals surface area contributed by atoms with Crippen molar-refractivity contribution in [2.45, 2.75) is 13.0 Å². The van der Waals surface area contributed by atoms with Crippen LogP contribution in [0.15, 0.2) is 55.9 Å². The van der Waals surface area contributed by atoms with E-state index in [1.807, 2.05) is 23.5 Å². The number of hydrogen-bond acceptors (Lipinski definition) is 2. The van der Waals surface area contributed by atoms with Crippen LogP contribution in [0.1, 0.15) is 17.8 Å². The largest absolute Gasteiger partial charge is 0.376 e. The van der Waals surface area contributed by atoms with Crippen molar-refractivity contribution in [3.8, 4) is 0 Å². The second kappa shape index (κ2) is 6.41. The third-order valence-corrected chi connectivity index (χ3v) is 6.25. The van der Waals surface area contributed by atoms with E-state index in [0.717, 1.165) is 19.1 Å². The smallest absolute Gasteiger partial charge is 0.0634 e. The molecule has 21 heavy (non-hydrogen) atoms. The van der Waals surface area contributed by atoms with Crippen molar-refractivity contribution in [1.82, 2.24) is 0 Å². The number of hydrogen-bond donors (Lipinski definition) is 1. The Morgan fingerprint density at radius 3 is 2.33 bits per heavy atom. The molecule has 0 amide bonds. The van der Waals surface area contributed by atoms with E-state index < -0.39 is 0 Å². The Labute approximate surface area is 153 Å². The van der Waals surface area contributed by atoms with E-state index in [9.17, 15) is 0 Å². The maximum atomic E-state index is 3.61. The SMILES string of the molecule is CC(Nc1c(Br)cc(Br)cc1Br)c1cc2ccccc2s1. The fourth-order valence-electron chi connectivity index (χ4n) is 2.18. The Kier molecular flexibility index (Phi) is 4.74. The molecule has 0 saturated carbocycles. The molecule has 1 N–H and O–H groups in total. The summed E-state index contributed by atoms with van der Waals surface area (Å²) in [7, 11) is 0. The molecule has 0 radical (unpaired) electrons. The summed E-state index contributed by atoms with van der Waals surface area (Å²) >= 11 is 12.6. The maximum Gasteiger partial charge on any atom is 0.0634 e. The number of nitrogens with one attached hydrogen (secondary N) is 1. The first-order valence-corrected chi connectivity index (χ1v) is 9.63. The van der Waals surface area contributed by atoms with Crippen molar-refractivity contribution in [1.29, 1.82) is 0 Å². The van der Waals surface area contributed by atoms with Crippen molar-refractivity contribution in [2.24, 2.45) is 0 Å². The van der Waals surface area contributed by atoms with E-state index in [4.69, 9.17) is 0 Å². The number of thiophene rings is 1. The van der Waals surface area contributed by atoms with Crippen molar-refractivity contribution in [3.63, 3.8) is 0 Å². The Morgan fingerprint density at radius 1 is 1.00 bits per heavy atom. The third kappa shape index (κ3) is 3.36. The van der Waals surface area contributed by atoms with Gasteiger partial charge in [-0.3, -0.25) is 0 Å². The van der Waals surface area contributed by atoms with Gasteiger partial charge in [0.05, 0.1) is 11.7 Å². The van der Waals surface area contributed by atoms with E-state index in [1.165, 1.54) is 15.0 Å². The minimum Gasteiger partial charge on any atom is -0.376 e. The van der Waals surface area contributed by atoms with Gasteiger partial charge in [-0.2, -0.15) is 0 Å². The van der Waals surface area contributed by atoms with Gasteiger partial charge >= 0.3 is 0 Å². The summed E-state index contributed by atoms with van der Waals surface area (Å²) in [6.45, 7) is 2.19. The number of fused-ring (bicyclic) bond motifs is 1. The molecule has 0 aliphatic heterocycles. The minimum atomic E-state index is 0.246. The van der Waals surface area contributed by atoms with Crippen molar-refractivity contribution >= 4 is 74.9 Å². The zero-order valence-electron chi connectivity index (χ0n) is 11.2. The van der Waals surface area contributed by atoms with Gasteiger partial charge in [0.25, 0.3) is 0 Å². The van der Waals surface area contributed by atoms with E-state index in [2.05, 4.69) is 90.4 Å². The number of benzene rings is 2. The highest BCUT2D eigenvalue weighted by molar-refractivity contribution is 9.11. The summed E-state index contributed by atoms with van der Waals surface area (Å²) in [5, 5.41) is 4.88. The van der Waals surface area contributed by atoms with E-state index in [-0.39, 0.29) is 6.04 Å². The van der Waals surface area contributed by atoms with Gasteiger partial charge in [-0.25, -0.2) is 0 Å². The van der Waals surface area contributed by atoms with Crippen LogP contribution in [-0.4, -0.2) is 0 Å². The van der Waals surface area contributed by atoms with Crippen molar-refractivity contribution in [2.75, 3.05) is 5.32 Å². The molecule has 0 bridgehead atoms. The van der Waals surface area contributed by atoms with Gasteiger partial charge in [-0.15, -0.1) is 11.3 Å². The first-order valence-electron chi connectivity index (χ1n) is 6.44. The average Bonchev–Trinajstić information content (AvgIpc) is 2.86. The van der Waals surface area contributed by atoms with Crippen LogP contribution in [0.2, 0.25) is 0 Å². The van der Waals surface area contributed by atoms with Gasteiger partial charge in [0.1, 0.15) is 0 Å². The van der Waals surface area contributed by atoms with Gasteiger partial charge < -0.3 is 5.32 Å². The molecule has 0 spiro atoms. The minimum absolute atomic E-state index is 0.246. The van der Waals surface area contributed by atoms with Crippen LogP contribution < -0.4 is 5.32 Å². The molecule has 0 fully saturated rings. The summed E-state index contributed by atoms with van der Waals surface area (Å²) < 4.78 is 4.45. The average molecular weight is 490 g/mol. The molecule has 3 rings (SSSR count). The summed E-state index contributed by atoms with van der Waals surface area (Å²) in [6, 6.07) is 15.1. The first kappa shape index (κ1) is 15.5. The lowest BCUT2D eigenvalue weighted by molar-refractivity contribution is 0.906. The van der Waals surface area contributed by atoms with Gasteiger partial charge in [-0.1, -0.05) is 34.1 Å². The summed E-state index contributed by atoms with van der Waals surface area (Å²) in [5.74, 6) is 0. The van der Waals surface area contributed by atoms with Crippen molar-refractivity contribution < 1.29 is 0 Å². The Bertz CT molecular complexity index is 741. The highest BCUT2D eigenvalue weighted by atomic mass is 79.9. The summed E-state index contributed by atoms with van der Waals surface area (Å²) in [4.78, 5) is 1.33. The van der Waals surface area contributed by atoms with Gasteiger partial charge in [0, 0.05) is 23.0 Å². The number of halogens is 3. The molecule has 1 heterocycles. The molecule has 1 unspecified atom stereocenters. The van der Waals surface area contributed by atoms with Gasteiger partial charge in [0.15, 0.2) is 0 Å². The summed E-state index contributed by atoms with van der Waals surface area (Å²) in [5.41, 5.74) is 1.07. The summed E-state index contributed by atoms with van der Waals surface area (Å²) in [6.07, 6.45) is 0. The highest BCUT2D eigenvalue weighted by Crippen LogP contribution is 2.38. The molecule has 108 valence electrons. The lowest BCUT2D eigenvalue weighted by Gasteiger charge is -2.17. The van der Waals surface area contributed by atoms with Gasteiger partial charge in [-0.05, 0) is 68.4 Å². The predicted molar refractivity (Wildman–Crippen MR) is 103 cm³/mol. The van der Waals surface area contributed by atoms with E-state index in [0.29, 0.717) is 0 Å². The fourth-order valence-corrected chi connectivity index (χ4v) is 5.74. The van der Waals surface area contributed by atoms with Crippen LogP contribution in [0.5, 0.6) is 0 Å². The van der Waals surface area contributed by atoms with Crippen LogP contribution in [0, 0.1) is 0 Å². The van der Waals surface area contributed by atoms with E-state index in [1.54, 1.807) is 0 Å². The maximum absolute atomic E-state index is 3.61. The second-order valence-electron chi connectivity index (χ2n) is 4.80. The Balaban J connectivity index is 1.91. The van der Waals surface area contributed by atoms with Crippen LogP contribution in [0.25, 0.3) is 10.1 Å². The molecule has 1 aromatic heterocycles. The fraction of sp³-hybridized carbons (Fsp3) is 0.125. The molecular formula is C16H12Br3NS. The quantitative estimate of drug-likeness (QED) is 0.405. The second-order valence-corrected chi connectivity index (χ2v) is 8.54. The molecule has 3 aromatic rings.